The van der Waals surface area contributed by atoms with E-state index in [0.717, 1.165) is 11.1 Å². The molecule has 7 nitrogen and oxygen atoms in total. The van der Waals surface area contributed by atoms with E-state index >= 15 is 0 Å². The van der Waals surface area contributed by atoms with Gasteiger partial charge in [-0.05, 0) is 55.3 Å². The van der Waals surface area contributed by atoms with Crippen molar-refractivity contribution in [1.82, 2.24) is 4.98 Å². The van der Waals surface area contributed by atoms with Crippen LogP contribution in [-0.2, 0) is 14.8 Å². The van der Waals surface area contributed by atoms with Gasteiger partial charge in [0, 0.05) is 31.7 Å². The van der Waals surface area contributed by atoms with E-state index in [2.05, 4.69) is 9.71 Å². The van der Waals surface area contributed by atoms with Gasteiger partial charge < -0.3 is 9.64 Å². The summed E-state index contributed by atoms with van der Waals surface area (Å²) in [4.78, 5) is 18.5. The smallest absolute Gasteiger partial charge is 0.268 e. The number of aromatic nitrogens is 1. The number of carbonyl (C=O) groups is 1. The number of hydrogen-bond acceptors (Lipinski definition) is 6. The predicted octanol–water partition coefficient (Wildman–Crippen LogP) is 3.99. The van der Waals surface area contributed by atoms with E-state index in [0.29, 0.717) is 29.5 Å². The highest BCUT2D eigenvalue weighted by Gasteiger charge is 2.34. The highest BCUT2D eigenvalue weighted by molar-refractivity contribution is 7.93. The van der Waals surface area contributed by atoms with Gasteiger partial charge in [0.25, 0.3) is 15.9 Å². The first-order valence-electron chi connectivity index (χ1n) is 9.41. The average molecular weight is 446 g/mol. The summed E-state index contributed by atoms with van der Waals surface area (Å²) in [6.07, 6.45) is 1.54. The lowest BCUT2D eigenvalue weighted by Crippen LogP contribution is -2.32. The number of rotatable bonds is 6. The maximum Gasteiger partial charge on any atom is 0.268 e. The minimum Gasteiger partial charge on any atom is -0.480 e. The van der Waals surface area contributed by atoms with Crippen molar-refractivity contribution in [2.45, 2.75) is 31.3 Å². The van der Waals surface area contributed by atoms with Crippen LogP contribution in [0.15, 0.2) is 58.9 Å². The molecule has 158 valence electrons. The van der Waals surface area contributed by atoms with E-state index in [1.807, 2.05) is 32.0 Å². The highest BCUT2D eigenvalue weighted by atomic mass is 32.2. The largest absolute Gasteiger partial charge is 0.480 e. The van der Waals surface area contributed by atoms with Crippen molar-refractivity contribution in [1.29, 1.82) is 0 Å². The van der Waals surface area contributed by atoms with Crippen LogP contribution in [0.2, 0.25) is 0 Å². The van der Waals surface area contributed by atoms with Crippen LogP contribution >= 0.6 is 11.3 Å². The molecule has 4 rings (SSSR count). The number of carbonyl (C=O) groups excluding carboxylic acids is 1. The Labute approximate surface area is 180 Å². The van der Waals surface area contributed by atoms with E-state index in [1.54, 1.807) is 22.4 Å². The second-order valence-electron chi connectivity index (χ2n) is 7.09. The molecule has 1 amide bonds. The van der Waals surface area contributed by atoms with Gasteiger partial charge in [0.15, 0.2) is 11.2 Å². The SMILES string of the molecule is Cc1ccc(C)c(OC2CCN(c3ccc(S(=O)(=O)Nc4nccs4)cc3)C2=O)c1.[HH]. The fraction of sp³-hybridized carbons (Fsp3) is 0.238. The number of nitrogens with one attached hydrogen (secondary N) is 1. The lowest BCUT2D eigenvalue weighted by molar-refractivity contribution is -0.122. The van der Waals surface area contributed by atoms with Gasteiger partial charge in [-0.25, -0.2) is 13.4 Å². The normalized spacial score (nSPS) is 16.7. The first-order valence-corrected chi connectivity index (χ1v) is 11.8. The Hall–Kier alpha value is -2.91. The van der Waals surface area contributed by atoms with E-state index in [-0.39, 0.29) is 12.2 Å². The Kier molecular flexibility index (Phi) is 5.48. The molecule has 0 radical (unpaired) electrons. The summed E-state index contributed by atoms with van der Waals surface area (Å²) in [6.45, 7) is 4.44. The van der Waals surface area contributed by atoms with Crippen molar-refractivity contribution in [3.8, 4) is 5.75 Å². The second-order valence-corrected chi connectivity index (χ2v) is 9.67. The molecule has 1 aliphatic heterocycles. The quantitative estimate of drug-likeness (QED) is 0.620. The molecule has 1 atom stereocenters. The fourth-order valence-electron chi connectivity index (χ4n) is 3.26. The van der Waals surface area contributed by atoms with Gasteiger partial charge >= 0.3 is 0 Å². The number of ether oxygens (including phenoxy) is 1. The molecule has 0 bridgehead atoms. The summed E-state index contributed by atoms with van der Waals surface area (Å²) >= 11 is 1.20. The molecule has 0 aliphatic carbocycles. The molecular formula is C21H23N3O4S2. The Balaban J connectivity index is 0.00000272. The zero-order chi connectivity index (χ0) is 21.3. The molecule has 0 saturated carbocycles. The number of sulfonamides is 1. The van der Waals surface area contributed by atoms with Gasteiger partial charge in [0.1, 0.15) is 5.75 Å². The Morgan fingerprint density at radius 3 is 2.67 bits per heavy atom. The van der Waals surface area contributed by atoms with Crippen molar-refractivity contribution in [3.05, 3.63) is 65.2 Å². The van der Waals surface area contributed by atoms with Gasteiger partial charge in [-0.1, -0.05) is 12.1 Å². The third-order valence-electron chi connectivity index (χ3n) is 4.88. The molecule has 1 unspecified atom stereocenters. The van der Waals surface area contributed by atoms with Crippen molar-refractivity contribution >= 4 is 38.1 Å². The number of aryl methyl sites for hydroxylation is 2. The molecule has 1 N–H and O–H groups in total. The third-order valence-corrected chi connectivity index (χ3v) is 7.05. The van der Waals surface area contributed by atoms with Crippen molar-refractivity contribution < 1.29 is 19.4 Å². The zero-order valence-corrected chi connectivity index (χ0v) is 18.2. The first kappa shape index (κ1) is 20.4. The number of thiazole rings is 1. The summed E-state index contributed by atoms with van der Waals surface area (Å²) in [5, 5.41) is 2.00. The van der Waals surface area contributed by atoms with Crippen molar-refractivity contribution in [2.75, 3.05) is 16.2 Å². The first-order chi connectivity index (χ1) is 14.3. The summed E-state index contributed by atoms with van der Waals surface area (Å²) in [5.74, 6) is 0.581. The van der Waals surface area contributed by atoms with E-state index < -0.39 is 16.1 Å². The Morgan fingerprint density at radius 2 is 1.97 bits per heavy atom. The maximum atomic E-state index is 12.9. The second kappa shape index (κ2) is 8.08. The van der Waals surface area contributed by atoms with E-state index in [9.17, 15) is 13.2 Å². The molecule has 1 aliphatic rings. The third kappa shape index (κ3) is 4.17. The molecule has 9 heteroatoms. The molecule has 1 fully saturated rings. The Bertz CT molecular complexity index is 1170. The monoisotopic (exact) mass is 445 g/mol. The molecule has 30 heavy (non-hydrogen) atoms. The van der Waals surface area contributed by atoms with Crippen LogP contribution in [0, 0.1) is 13.8 Å². The number of anilines is 2. The molecule has 2 heterocycles. The summed E-state index contributed by atoms with van der Waals surface area (Å²) in [5.41, 5.74) is 2.69. The number of amides is 1. The summed E-state index contributed by atoms with van der Waals surface area (Å²) in [6, 6.07) is 12.1. The van der Waals surface area contributed by atoms with Crippen LogP contribution in [-0.4, -0.2) is 32.0 Å². The van der Waals surface area contributed by atoms with Gasteiger partial charge in [0.2, 0.25) is 0 Å². The standard InChI is InChI=1S/C21H21N3O4S2.H2/c1-14-3-4-15(2)19(13-14)28-18-9-11-24(20(18)25)16-5-7-17(8-6-16)30(26,27)23-21-22-10-12-29-21;/h3-8,10,12-13,18H,9,11H2,1-2H3,(H,22,23);1H. The minimum atomic E-state index is -3.73. The lowest BCUT2D eigenvalue weighted by Gasteiger charge is -2.18. The molecule has 1 saturated heterocycles. The maximum absolute atomic E-state index is 12.9. The lowest BCUT2D eigenvalue weighted by atomic mass is 10.1. The fourth-order valence-corrected chi connectivity index (χ4v) is 5.05. The minimum absolute atomic E-state index is 0. The zero-order valence-electron chi connectivity index (χ0n) is 16.5. The molecule has 2 aromatic carbocycles. The average Bonchev–Trinajstić information content (AvgIpc) is 3.35. The van der Waals surface area contributed by atoms with Gasteiger partial charge in [-0.15, -0.1) is 11.3 Å². The Morgan fingerprint density at radius 1 is 1.20 bits per heavy atom. The highest BCUT2D eigenvalue weighted by Crippen LogP contribution is 2.28. The van der Waals surface area contributed by atoms with Crippen LogP contribution in [0.5, 0.6) is 5.75 Å². The van der Waals surface area contributed by atoms with Gasteiger partial charge in [-0.2, -0.15) is 0 Å². The van der Waals surface area contributed by atoms with E-state index in [4.69, 9.17) is 4.74 Å². The van der Waals surface area contributed by atoms with E-state index in [1.165, 1.54) is 29.7 Å². The van der Waals surface area contributed by atoms with Crippen LogP contribution in [0.1, 0.15) is 19.0 Å². The van der Waals surface area contributed by atoms with Crippen LogP contribution < -0.4 is 14.4 Å². The van der Waals surface area contributed by atoms with Gasteiger partial charge in [-0.3, -0.25) is 9.52 Å². The number of nitrogens with zero attached hydrogens (tertiary/aromatic N) is 2. The van der Waals surface area contributed by atoms with Crippen molar-refractivity contribution in [3.63, 3.8) is 0 Å². The molecular weight excluding hydrogens is 422 g/mol. The number of benzene rings is 2. The van der Waals surface area contributed by atoms with Crippen LogP contribution in [0.4, 0.5) is 10.8 Å². The van der Waals surface area contributed by atoms with Crippen molar-refractivity contribution in [2.24, 2.45) is 0 Å². The molecule has 0 spiro atoms. The predicted molar refractivity (Wildman–Crippen MR) is 119 cm³/mol. The topological polar surface area (TPSA) is 88.6 Å². The summed E-state index contributed by atoms with van der Waals surface area (Å²) in [7, 11) is -3.73. The van der Waals surface area contributed by atoms with Crippen LogP contribution in [0.3, 0.4) is 0 Å². The molecule has 1 aromatic heterocycles. The van der Waals surface area contributed by atoms with Crippen LogP contribution in [0.25, 0.3) is 0 Å². The van der Waals surface area contributed by atoms with Gasteiger partial charge in [0.05, 0.1) is 4.90 Å². The number of hydrogen-bond donors (Lipinski definition) is 1. The summed E-state index contributed by atoms with van der Waals surface area (Å²) < 4.78 is 33.4. The molecule has 3 aromatic rings.